The Labute approximate surface area is 224 Å². The molecule has 0 bridgehead atoms. The number of nitro groups is 2. The zero-order valence-corrected chi connectivity index (χ0v) is 20.9. The second kappa shape index (κ2) is 11.4. The highest BCUT2D eigenvalue weighted by Gasteiger charge is 2.36. The highest BCUT2D eigenvalue weighted by atomic mass is 32.2. The first-order valence-corrected chi connectivity index (χ1v) is 11.9. The molecule has 0 radical (unpaired) electrons. The zero-order chi connectivity index (χ0) is 28.1. The zero-order valence-electron chi connectivity index (χ0n) is 20.1. The Bertz CT molecular complexity index is 1530. The normalized spacial score (nSPS) is 13.9. The van der Waals surface area contributed by atoms with Crippen molar-refractivity contribution < 1.29 is 33.7 Å². The first-order valence-electron chi connectivity index (χ1n) is 11.0. The first-order chi connectivity index (χ1) is 18.7. The molecule has 1 fully saturated rings. The molecular weight excluding hydrogens is 532 g/mol. The lowest BCUT2D eigenvalue weighted by Crippen LogP contribution is -2.36. The van der Waals surface area contributed by atoms with Gasteiger partial charge in [0.1, 0.15) is 6.54 Å². The molecule has 3 aromatic rings. The number of ether oxygens (including phenoxy) is 2. The first kappa shape index (κ1) is 26.8. The fourth-order valence-corrected chi connectivity index (χ4v) is 4.32. The third-order valence-electron chi connectivity index (χ3n) is 5.29. The summed E-state index contributed by atoms with van der Waals surface area (Å²) < 4.78 is 10.9. The summed E-state index contributed by atoms with van der Waals surface area (Å²) in [5.41, 5.74) is -0.113. The van der Waals surface area contributed by atoms with Crippen LogP contribution in [0.4, 0.5) is 21.9 Å². The summed E-state index contributed by atoms with van der Waals surface area (Å²) in [5, 5.41) is 24.4. The molecule has 0 aliphatic carbocycles. The van der Waals surface area contributed by atoms with Crippen LogP contribution in [-0.4, -0.2) is 45.5 Å². The molecule has 1 heterocycles. The van der Waals surface area contributed by atoms with Crippen molar-refractivity contribution in [1.82, 2.24) is 4.90 Å². The van der Waals surface area contributed by atoms with E-state index in [1.54, 1.807) is 30.3 Å². The molecule has 0 atom stereocenters. The van der Waals surface area contributed by atoms with E-state index < -0.39 is 44.8 Å². The second-order valence-electron chi connectivity index (χ2n) is 7.86. The van der Waals surface area contributed by atoms with E-state index >= 15 is 0 Å². The number of carbonyl (C=O) groups excluding carboxylic acids is 3. The molecule has 1 aliphatic rings. The lowest BCUT2D eigenvalue weighted by Gasteiger charge is -2.12. The van der Waals surface area contributed by atoms with Gasteiger partial charge in [-0.1, -0.05) is 24.3 Å². The number of benzene rings is 3. The number of carbonyl (C=O) groups is 3. The molecule has 0 saturated carbocycles. The molecule has 0 aromatic heterocycles. The maximum Gasteiger partial charge on any atom is 0.318 e. The third kappa shape index (κ3) is 6.19. The van der Waals surface area contributed by atoms with Crippen molar-refractivity contribution >= 4 is 52.0 Å². The van der Waals surface area contributed by atoms with E-state index in [1.165, 1.54) is 31.4 Å². The van der Waals surface area contributed by atoms with Crippen LogP contribution in [0.2, 0.25) is 0 Å². The van der Waals surface area contributed by atoms with E-state index in [2.05, 4.69) is 5.32 Å². The van der Waals surface area contributed by atoms with Crippen LogP contribution in [0.1, 0.15) is 5.56 Å². The summed E-state index contributed by atoms with van der Waals surface area (Å²) in [6, 6.07) is 16.0. The average Bonchev–Trinajstić information content (AvgIpc) is 3.17. The van der Waals surface area contributed by atoms with E-state index in [0.717, 1.165) is 23.1 Å². The summed E-state index contributed by atoms with van der Waals surface area (Å²) >= 11 is 0.670. The summed E-state index contributed by atoms with van der Waals surface area (Å²) in [7, 11) is 1.33. The predicted octanol–water partition coefficient (Wildman–Crippen LogP) is 4.98. The number of hydrogen-bond donors (Lipinski definition) is 1. The van der Waals surface area contributed by atoms with E-state index in [1.807, 2.05) is 0 Å². The Morgan fingerprint density at radius 3 is 2.36 bits per heavy atom. The Kier molecular flexibility index (Phi) is 7.86. The van der Waals surface area contributed by atoms with Crippen LogP contribution >= 0.6 is 11.8 Å². The quantitative estimate of drug-likeness (QED) is 0.218. The Morgan fingerprint density at radius 2 is 1.69 bits per heavy atom. The minimum absolute atomic E-state index is 0.0669. The van der Waals surface area contributed by atoms with Gasteiger partial charge in [0.15, 0.2) is 11.5 Å². The summed E-state index contributed by atoms with van der Waals surface area (Å²) in [5.74, 6) is -1.22. The van der Waals surface area contributed by atoms with Crippen LogP contribution in [0.5, 0.6) is 17.2 Å². The smallest absolute Gasteiger partial charge is 0.318 e. The second-order valence-corrected chi connectivity index (χ2v) is 8.85. The standard InChI is InChI=1S/C25H18N4O9S/c1-37-21-11-15(7-9-20(21)38-19-10-8-17(28(33)34)13-18(19)29(35)36)12-22-24(31)27(25(32)39-22)14-23(30)26-16-5-3-2-4-6-16/h2-13H,14H2,1H3,(H,26,30)/b22-12-. The molecule has 1 aliphatic heterocycles. The van der Waals surface area contributed by atoms with Crippen molar-refractivity contribution in [3.8, 4) is 17.2 Å². The number of nitro benzene ring substituents is 2. The van der Waals surface area contributed by atoms with Crippen molar-refractivity contribution in [3.63, 3.8) is 0 Å². The predicted molar refractivity (Wildman–Crippen MR) is 141 cm³/mol. The number of non-ortho nitro benzene ring substituents is 1. The van der Waals surface area contributed by atoms with Crippen LogP contribution in [0.25, 0.3) is 6.08 Å². The van der Waals surface area contributed by atoms with E-state index in [-0.39, 0.29) is 22.2 Å². The molecule has 3 amide bonds. The maximum absolute atomic E-state index is 12.8. The molecule has 0 unspecified atom stereocenters. The van der Waals surface area contributed by atoms with Crippen molar-refractivity contribution in [2.24, 2.45) is 0 Å². The molecule has 1 saturated heterocycles. The highest BCUT2D eigenvalue weighted by molar-refractivity contribution is 8.18. The van der Waals surface area contributed by atoms with E-state index in [4.69, 9.17) is 9.47 Å². The average molecular weight is 551 g/mol. The number of rotatable bonds is 9. The molecule has 39 heavy (non-hydrogen) atoms. The number of nitrogens with zero attached hydrogens (tertiary/aromatic N) is 3. The molecule has 1 N–H and O–H groups in total. The monoisotopic (exact) mass is 550 g/mol. The van der Waals surface area contributed by atoms with Gasteiger partial charge in [0.05, 0.1) is 27.9 Å². The molecular formula is C25H18N4O9S. The van der Waals surface area contributed by atoms with Gasteiger partial charge < -0.3 is 14.8 Å². The lowest BCUT2D eigenvalue weighted by molar-refractivity contribution is -0.394. The summed E-state index contributed by atoms with van der Waals surface area (Å²) in [4.78, 5) is 59.3. The highest BCUT2D eigenvalue weighted by Crippen LogP contribution is 2.39. The fourth-order valence-electron chi connectivity index (χ4n) is 3.48. The summed E-state index contributed by atoms with van der Waals surface area (Å²) in [6.07, 6.45) is 1.43. The minimum atomic E-state index is -0.806. The summed E-state index contributed by atoms with van der Waals surface area (Å²) in [6.45, 7) is -0.457. The maximum atomic E-state index is 12.8. The molecule has 13 nitrogen and oxygen atoms in total. The number of hydrogen-bond acceptors (Lipinski definition) is 10. The van der Waals surface area contributed by atoms with Gasteiger partial charge in [-0.25, -0.2) is 0 Å². The van der Waals surface area contributed by atoms with Crippen LogP contribution in [0.3, 0.4) is 0 Å². The van der Waals surface area contributed by atoms with Crippen LogP contribution in [0, 0.1) is 20.2 Å². The number of para-hydroxylation sites is 1. The molecule has 198 valence electrons. The van der Waals surface area contributed by atoms with Gasteiger partial charge in [0.2, 0.25) is 11.7 Å². The van der Waals surface area contributed by atoms with Crippen LogP contribution in [0.15, 0.2) is 71.6 Å². The number of thioether (sulfide) groups is 1. The molecule has 14 heteroatoms. The van der Waals surface area contributed by atoms with Gasteiger partial charge in [-0.2, -0.15) is 0 Å². The number of nitrogens with one attached hydrogen (secondary N) is 1. The lowest BCUT2D eigenvalue weighted by atomic mass is 10.1. The van der Waals surface area contributed by atoms with E-state index in [9.17, 15) is 34.6 Å². The molecule has 4 rings (SSSR count). The Balaban J connectivity index is 1.51. The van der Waals surface area contributed by atoms with E-state index in [0.29, 0.717) is 23.0 Å². The van der Waals surface area contributed by atoms with Crippen molar-refractivity contribution in [2.45, 2.75) is 0 Å². The Hall–Kier alpha value is -5.24. The Morgan fingerprint density at radius 1 is 0.974 bits per heavy atom. The van der Waals surface area contributed by atoms with Gasteiger partial charge in [0.25, 0.3) is 16.8 Å². The van der Waals surface area contributed by atoms with Gasteiger partial charge in [-0.05, 0) is 53.7 Å². The fraction of sp³-hybridized carbons (Fsp3) is 0.0800. The van der Waals surface area contributed by atoms with Crippen molar-refractivity contribution in [2.75, 3.05) is 19.0 Å². The molecule has 0 spiro atoms. The number of anilines is 1. The number of methoxy groups -OCH3 is 1. The van der Waals surface area contributed by atoms with Gasteiger partial charge in [-0.15, -0.1) is 0 Å². The third-order valence-corrected chi connectivity index (χ3v) is 6.20. The van der Waals surface area contributed by atoms with Gasteiger partial charge in [-0.3, -0.25) is 39.5 Å². The minimum Gasteiger partial charge on any atom is -0.493 e. The van der Waals surface area contributed by atoms with Gasteiger partial charge in [0, 0.05) is 11.8 Å². The number of imide groups is 1. The molecule has 3 aromatic carbocycles. The van der Waals surface area contributed by atoms with Crippen molar-refractivity contribution in [3.05, 3.63) is 97.4 Å². The number of amides is 3. The van der Waals surface area contributed by atoms with Gasteiger partial charge >= 0.3 is 5.69 Å². The van der Waals surface area contributed by atoms with Crippen LogP contribution < -0.4 is 14.8 Å². The SMILES string of the molecule is COc1cc(/C=C2\SC(=O)N(CC(=O)Nc3ccccc3)C2=O)ccc1Oc1ccc([N+](=O)[O-])cc1[N+](=O)[O-]. The van der Waals surface area contributed by atoms with Crippen molar-refractivity contribution in [1.29, 1.82) is 0 Å². The largest absolute Gasteiger partial charge is 0.493 e. The topological polar surface area (TPSA) is 171 Å². The van der Waals surface area contributed by atoms with Crippen LogP contribution in [-0.2, 0) is 9.59 Å².